The van der Waals surface area contributed by atoms with Gasteiger partial charge in [0.15, 0.2) is 15.0 Å². The Labute approximate surface area is 180 Å². The Morgan fingerprint density at radius 3 is 2.53 bits per heavy atom. The minimum Gasteiger partial charge on any atom is -0.321 e. The summed E-state index contributed by atoms with van der Waals surface area (Å²) in [5.41, 5.74) is 1.67. The lowest BCUT2D eigenvalue weighted by Crippen LogP contribution is -2.19. The van der Waals surface area contributed by atoms with Gasteiger partial charge in [-0.05, 0) is 49.4 Å². The van der Waals surface area contributed by atoms with Gasteiger partial charge in [0, 0.05) is 11.4 Å². The Morgan fingerprint density at radius 2 is 1.83 bits per heavy atom. The molecule has 30 heavy (non-hydrogen) atoms. The predicted molar refractivity (Wildman–Crippen MR) is 119 cm³/mol. The molecule has 8 heteroatoms. The molecule has 1 N–H and O–H groups in total. The van der Waals surface area contributed by atoms with Crippen molar-refractivity contribution >= 4 is 33.2 Å². The SMILES string of the molecule is CSc1ncc(C(=O)Nc2cccc(S(=O)(=O)C3CCCC3)c2)n1-c1ccccc1. The van der Waals surface area contributed by atoms with Gasteiger partial charge in [0.05, 0.1) is 16.3 Å². The zero-order chi connectivity index (χ0) is 21.1. The average molecular weight is 442 g/mol. The summed E-state index contributed by atoms with van der Waals surface area (Å²) in [7, 11) is -3.38. The summed E-state index contributed by atoms with van der Waals surface area (Å²) in [4.78, 5) is 17.6. The topological polar surface area (TPSA) is 81.1 Å². The summed E-state index contributed by atoms with van der Waals surface area (Å²) >= 11 is 1.45. The number of thioether (sulfide) groups is 1. The molecule has 1 aromatic heterocycles. The van der Waals surface area contributed by atoms with E-state index in [1.165, 1.54) is 18.0 Å². The average Bonchev–Trinajstić information content (AvgIpc) is 3.45. The lowest BCUT2D eigenvalue weighted by atomic mass is 10.3. The number of nitrogens with zero attached hydrogens (tertiary/aromatic N) is 2. The van der Waals surface area contributed by atoms with Crippen molar-refractivity contribution in [1.82, 2.24) is 9.55 Å². The Balaban J connectivity index is 1.62. The third kappa shape index (κ3) is 4.02. The maximum absolute atomic E-state index is 13.0. The largest absolute Gasteiger partial charge is 0.321 e. The first kappa shape index (κ1) is 20.7. The Kier molecular flexibility index (Phi) is 5.97. The van der Waals surface area contributed by atoms with Crippen LogP contribution >= 0.6 is 11.8 Å². The molecule has 1 heterocycles. The summed E-state index contributed by atoms with van der Waals surface area (Å²) < 4.78 is 27.6. The number of benzene rings is 2. The molecule has 1 aliphatic carbocycles. The van der Waals surface area contributed by atoms with E-state index in [0.29, 0.717) is 29.4 Å². The van der Waals surface area contributed by atoms with Gasteiger partial charge in [-0.15, -0.1) is 0 Å². The van der Waals surface area contributed by atoms with Crippen molar-refractivity contribution in [2.75, 3.05) is 11.6 Å². The van der Waals surface area contributed by atoms with Crippen LogP contribution in [0.2, 0.25) is 0 Å². The summed E-state index contributed by atoms with van der Waals surface area (Å²) in [6, 6.07) is 16.0. The van der Waals surface area contributed by atoms with Crippen molar-refractivity contribution in [1.29, 1.82) is 0 Å². The molecule has 0 atom stereocenters. The molecular weight excluding hydrogens is 418 g/mol. The van der Waals surface area contributed by atoms with Crippen LogP contribution in [-0.2, 0) is 9.84 Å². The van der Waals surface area contributed by atoms with Gasteiger partial charge in [0.25, 0.3) is 5.91 Å². The van der Waals surface area contributed by atoms with Crippen molar-refractivity contribution in [3.05, 3.63) is 66.5 Å². The van der Waals surface area contributed by atoms with Crippen molar-refractivity contribution in [3.8, 4) is 5.69 Å². The number of nitrogens with one attached hydrogen (secondary N) is 1. The van der Waals surface area contributed by atoms with E-state index in [4.69, 9.17) is 0 Å². The number of carbonyl (C=O) groups excluding carboxylic acids is 1. The molecule has 0 unspecified atom stereocenters. The van der Waals surface area contributed by atoms with Gasteiger partial charge in [-0.3, -0.25) is 9.36 Å². The highest BCUT2D eigenvalue weighted by molar-refractivity contribution is 7.98. The van der Waals surface area contributed by atoms with Gasteiger partial charge in [-0.2, -0.15) is 0 Å². The minimum absolute atomic E-state index is 0.258. The van der Waals surface area contributed by atoms with E-state index in [1.54, 1.807) is 28.8 Å². The maximum Gasteiger partial charge on any atom is 0.274 e. The molecule has 156 valence electrons. The molecule has 0 bridgehead atoms. The normalized spacial score (nSPS) is 14.7. The van der Waals surface area contributed by atoms with Crippen LogP contribution in [0.1, 0.15) is 36.2 Å². The van der Waals surface area contributed by atoms with Gasteiger partial charge in [0.1, 0.15) is 5.69 Å². The summed E-state index contributed by atoms with van der Waals surface area (Å²) in [6.07, 6.45) is 6.73. The fraction of sp³-hybridized carbons (Fsp3) is 0.273. The second kappa shape index (κ2) is 8.65. The zero-order valence-electron chi connectivity index (χ0n) is 16.6. The van der Waals surface area contributed by atoms with Gasteiger partial charge in [-0.1, -0.05) is 48.9 Å². The van der Waals surface area contributed by atoms with Crippen LogP contribution < -0.4 is 5.32 Å². The van der Waals surface area contributed by atoms with Crippen LogP contribution in [0.25, 0.3) is 5.69 Å². The third-order valence-electron chi connectivity index (χ3n) is 5.32. The molecule has 2 aromatic carbocycles. The zero-order valence-corrected chi connectivity index (χ0v) is 18.2. The number of hydrogen-bond donors (Lipinski definition) is 1. The number of rotatable bonds is 6. The van der Waals surface area contributed by atoms with Gasteiger partial charge < -0.3 is 5.32 Å². The van der Waals surface area contributed by atoms with Crippen LogP contribution in [0, 0.1) is 0 Å². The van der Waals surface area contributed by atoms with Gasteiger partial charge in [0.2, 0.25) is 0 Å². The van der Waals surface area contributed by atoms with Crippen molar-refractivity contribution < 1.29 is 13.2 Å². The second-order valence-electron chi connectivity index (χ2n) is 7.23. The summed E-state index contributed by atoms with van der Waals surface area (Å²) in [6.45, 7) is 0. The number of aromatic nitrogens is 2. The highest BCUT2D eigenvalue weighted by Gasteiger charge is 2.30. The molecule has 1 amide bonds. The first-order valence-corrected chi connectivity index (χ1v) is 12.6. The fourth-order valence-corrected chi connectivity index (χ4v) is 6.25. The standard InChI is InChI=1S/C22H23N3O3S2/c1-29-22-23-15-20(25(22)17-9-3-2-4-10-17)21(26)24-16-8-7-13-19(14-16)30(27,28)18-11-5-6-12-18/h2-4,7-10,13-15,18H,5-6,11-12H2,1H3,(H,24,26). The van der Waals surface area contributed by atoms with E-state index in [2.05, 4.69) is 10.3 Å². The highest BCUT2D eigenvalue weighted by Crippen LogP contribution is 2.30. The monoisotopic (exact) mass is 441 g/mol. The van der Waals surface area contributed by atoms with E-state index < -0.39 is 9.84 Å². The van der Waals surface area contributed by atoms with Crippen LogP contribution in [0.15, 0.2) is 70.8 Å². The smallest absolute Gasteiger partial charge is 0.274 e. The lowest BCUT2D eigenvalue weighted by Gasteiger charge is -2.13. The van der Waals surface area contributed by atoms with E-state index in [0.717, 1.165) is 18.5 Å². The first-order valence-electron chi connectivity index (χ1n) is 9.83. The molecule has 6 nitrogen and oxygen atoms in total. The van der Waals surface area contributed by atoms with E-state index in [9.17, 15) is 13.2 Å². The Bertz CT molecular complexity index is 1150. The number of para-hydroxylation sites is 1. The molecule has 0 aliphatic heterocycles. The van der Waals surface area contributed by atoms with Gasteiger partial charge in [-0.25, -0.2) is 13.4 Å². The van der Waals surface area contributed by atoms with Gasteiger partial charge >= 0.3 is 0 Å². The van der Waals surface area contributed by atoms with Crippen molar-refractivity contribution in [3.63, 3.8) is 0 Å². The molecule has 3 aromatic rings. The summed E-state index contributed by atoms with van der Waals surface area (Å²) in [5, 5.41) is 3.21. The number of anilines is 1. The predicted octanol–water partition coefficient (Wildman–Crippen LogP) is 4.56. The van der Waals surface area contributed by atoms with Crippen molar-refractivity contribution in [2.24, 2.45) is 0 Å². The van der Waals surface area contributed by atoms with Crippen LogP contribution in [0.5, 0.6) is 0 Å². The second-order valence-corrected chi connectivity index (χ2v) is 10.2. The summed E-state index contributed by atoms with van der Waals surface area (Å²) in [5.74, 6) is -0.345. The number of imidazole rings is 1. The van der Waals surface area contributed by atoms with Crippen LogP contribution in [-0.4, -0.2) is 35.4 Å². The number of hydrogen-bond acceptors (Lipinski definition) is 5. The van der Waals surface area contributed by atoms with E-state index >= 15 is 0 Å². The van der Waals surface area contributed by atoms with Crippen LogP contribution in [0.4, 0.5) is 5.69 Å². The quantitative estimate of drug-likeness (QED) is 0.567. The Hall–Kier alpha value is -2.58. The van der Waals surface area contributed by atoms with Crippen molar-refractivity contribution in [2.45, 2.75) is 41.0 Å². The molecular formula is C22H23N3O3S2. The van der Waals surface area contributed by atoms with E-state index in [1.807, 2.05) is 36.6 Å². The molecule has 0 radical (unpaired) electrons. The number of sulfone groups is 1. The first-order chi connectivity index (χ1) is 14.5. The van der Waals surface area contributed by atoms with Crippen LogP contribution in [0.3, 0.4) is 0 Å². The fourth-order valence-electron chi connectivity index (χ4n) is 3.80. The Morgan fingerprint density at radius 1 is 1.10 bits per heavy atom. The molecule has 1 saturated carbocycles. The minimum atomic E-state index is -3.38. The molecule has 4 rings (SSSR count). The third-order valence-corrected chi connectivity index (χ3v) is 8.23. The molecule has 1 aliphatic rings. The molecule has 0 saturated heterocycles. The number of carbonyl (C=O) groups is 1. The van der Waals surface area contributed by atoms with E-state index in [-0.39, 0.29) is 16.1 Å². The molecule has 1 fully saturated rings. The maximum atomic E-state index is 13.0. The highest BCUT2D eigenvalue weighted by atomic mass is 32.2. The molecule has 0 spiro atoms. The number of amides is 1. The lowest BCUT2D eigenvalue weighted by molar-refractivity contribution is 0.102.